The number of rotatable bonds is 9. The van der Waals surface area contributed by atoms with Crippen molar-refractivity contribution in [2.24, 2.45) is 5.92 Å². The molecule has 2 fully saturated rings. The van der Waals surface area contributed by atoms with Crippen molar-refractivity contribution in [3.63, 3.8) is 0 Å². The Morgan fingerprint density at radius 1 is 1.21 bits per heavy atom. The van der Waals surface area contributed by atoms with Crippen molar-refractivity contribution >= 4 is 22.8 Å². The van der Waals surface area contributed by atoms with Gasteiger partial charge in [-0.15, -0.1) is 0 Å². The van der Waals surface area contributed by atoms with Gasteiger partial charge in [-0.25, -0.2) is 14.4 Å². The monoisotopic (exact) mass is 541 g/mol. The van der Waals surface area contributed by atoms with Gasteiger partial charge in [0.05, 0.1) is 36.9 Å². The van der Waals surface area contributed by atoms with E-state index >= 15 is 0 Å². The van der Waals surface area contributed by atoms with E-state index in [1.165, 1.54) is 37.6 Å². The Bertz CT molecular complexity index is 1390. The van der Waals surface area contributed by atoms with Crippen molar-refractivity contribution < 1.29 is 33.3 Å². The number of likely N-dealkylation sites (tertiary alicyclic amines) is 1. The fourth-order valence-corrected chi connectivity index (χ4v) is 4.87. The van der Waals surface area contributed by atoms with E-state index in [1.807, 2.05) is 0 Å². The maximum Gasteiger partial charge on any atom is 0.255 e. The number of carbonyl (C=O) groups is 2. The summed E-state index contributed by atoms with van der Waals surface area (Å²) < 4.78 is 30.9. The number of β-amino-alcohol motifs (C(OH)–C–C–N with tert-alkyl or cyclic N) is 1. The predicted octanol–water partition coefficient (Wildman–Crippen LogP) is 2.21. The first-order chi connectivity index (χ1) is 18.8. The van der Waals surface area contributed by atoms with Gasteiger partial charge < -0.3 is 34.5 Å². The van der Waals surface area contributed by atoms with Crippen LogP contribution in [0, 0.1) is 18.7 Å². The first-order valence-electron chi connectivity index (χ1n) is 12.9. The lowest BCUT2D eigenvalue weighted by Crippen LogP contribution is -2.55. The second-order valence-electron chi connectivity index (χ2n) is 10.0. The lowest BCUT2D eigenvalue weighted by atomic mass is 10.0. The molecule has 11 nitrogen and oxygen atoms in total. The van der Waals surface area contributed by atoms with E-state index in [2.05, 4.69) is 20.3 Å². The van der Waals surface area contributed by atoms with Crippen LogP contribution in [0.4, 0.5) is 4.39 Å². The highest BCUT2D eigenvalue weighted by Crippen LogP contribution is 2.39. The van der Waals surface area contributed by atoms with Crippen LogP contribution in [0.1, 0.15) is 35.3 Å². The third kappa shape index (κ3) is 5.52. The molecule has 2 aromatic heterocycles. The van der Waals surface area contributed by atoms with Gasteiger partial charge in [0.1, 0.15) is 29.9 Å². The third-order valence-corrected chi connectivity index (χ3v) is 7.20. The molecule has 3 heterocycles. The molecule has 3 N–H and O–H groups in total. The van der Waals surface area contributed by atoms with Crippen LogP contribution in [0.15, 0.2) is 18.5 Å². The first kappa shape index (κ1) is 26.8. The molecule has 0 spiro atoms. The van der Waals surface area contributed by atoms with Crippen molar-refractivity contribution in [3.8, 4) is 22.8 Å². The number of ether oxygens (including phenoxy) is 3. The summed E-state index contributed by atoms with van der Waals surface area (Å²) in [5.74, 6) is -0.239. The highest BCUT2D eigenvalue weighted by molar-refractivity contribution is 6.09. The molecule has 2 atom stereocenters. The van der Waals surface area contributed by atoms with Gasteiger partial charge >= 0.3 is 0 Å². The number of amides is 2. The van der Waals surface area contributed by atoms with Crippen LogP contribution < -0.4 is 14.8 Å². The molecule has 1 saturated heterocycles. The van der Waals surface area contributed by atoms with Gasteiger partial charge in [-0.1, -0.05) is 0 Å². The number of hydrogen-bond acceptors (Lipinski definition) is 8. The van der Waals surface area contributed by atoms with E-state index in [1.54, 1.807) is 6.92 Å². The van der Waals surface area contributed by atoms with Crippen molar-refractivity contribution in [2.75, 3.05) is 40.5 Å². The minimum Gasteiger partial charge on any atom is -0.494 e. The number of benzene rings is 1. The molecule has 2 amide bonds. The van der Waals surface area contributed by atoms with Crippen LogP contribution in [0.25, 0.3) is 22.3 Å². The standard InChI is InChI=1S/C27H32FN5O6/c1-14-23(27(36)32-18-6-7-33(10-19(18)34)22(35)12-37-2)25-26(31-14)24(29-13-30-25)16-8-17(28)21(38-3)9-20(16)39-11-15-4-5-15/h8-9,13,15,18-19,31,34H,4-7,10-12H2,1-3H3,(H,32,36)/t18-,19+/m1/s1. The molecule has 1 saturated carbocycles. The van der Waals surface area contributed by atoms with Gasteiger partial charge in [0.25, 0.3) is 5.91 Å². The molecular formula is C27H32FN5O6. The lowest BCUT2D eigenvalue weighted by molar-refractivity contribution is -0.138. The number of hydrogen-bond donors (Lipinski definition) is 3. The van der Waals surface area contributed by atoms with Crippen molar-refractivity contribution in [1.29, 1.82) is 0 Å². The Morgan fingerprint density at radius 2 is 2.00 bits per heavy atom. The van der Waals surface area contributed by atoms with Crippen molar-refractivity contribution in [3.05, 3.63) is 35.5 Å². The Kier molecular flexibility index (Phi) is 7.67. The van der Waals surface area contributed by atoms with Gasteiger partial charge in [-0.2, -0.15) is 0 Å². The fraction of sp³-hybridized carbons (Fsp3) is 0.481. The van der Waals surface area contributed by atoms with Crippen LogP contribution in [-0.4, -0.2) is 89.4 Å². The molecule has 1 aromatic carbocycles. The number of piperidine rings is 1. The van der Waals surface area contributed by atoms with Crippen LogP contribution in [-0.2, 0) is 9.53 Å². The number of aliphatic hydroxyl groups is 1. The minimum absolute atomic E-state index is 0.0612. The number of nitrogens with zero attached hydrogens (tertiary/aromatic N) is 3. The van der Waals surface area contributed by atoms with E-state index in [4.69, 9.17) is 14.2 Å². The van der Waals surface area contributed by atoms with Crippen LogP contribution >= 0.6 is 0 Å². The normalized spacial score (nSPS) is 19.3. The molecule has 1 aliphatic heterocycles. The number of H-pyrrole nitrogens is 1. The summed E-state index contributed by atoms with van der Waals surface area (Å²) >= 11 is 0. The Labute approximate surface area is 224 Å². The van der Waals surface area contributed by atoms with E-state index in [-0.39, 0.29) is 24.8 Å². The number of fused-ring (bicyclic) bond motifs is 1. The van der Waals surface area contributed by atoms with Gasteiger partial charge in [0, 0.05) is 37.5 Å². The summed E-state index contributed by atoms with van der Waals surface area (Å²) in [6.07, 6.45) is 2.96. The topological polar surface area (TPSA) is 139 Å². The first-order valence-corrected chi connectivity index (χ1v) is 12.9. The summed E-state index contributed by atoms with van der Waals surface area (Å²) in [5, 5.41) is 13.5. The molecule has 0 bridgehead atoms. The average molecular weight is 542 g/mol. The van der Waals surface area contributed by atoms with Crippen molar-refractivity contribution in [2.45, 2.75) is 38.3 Å². The Morgan fingerprint density at radius 3 is 2.69 bits per heavy atom. The number of methoxy groups -OCH3 is 2. The van der Waals surface area contributed by atoms with Crippen LogP contribution in [0.5, 0.6) is 11.5 Å². The number of aliphatic hydroxyl groups excluding tert-OH is 1. The highest BCUT2D eigenvalue weighted by Gasteiger charge is 2.33. The van der Waals surface area contributed by atoms with E-state index in [0.717, 1.165) is 12.8 Å². The van der Waals surface area contributed by atoms with Gasteiger partial charge in [0.2, 0.25) is 5.91 Å². The maximum atomic E-state index is 14.8. The smallest absolute Gasteiger partial charge is 0.255 e. The number of carbonyl (C=O) groups excluding carboxylic acids is 2. The number of aryl methyl sites for hydroxylation is 1. The molecule has 12 heteroatoms. The molecular weight excluding hydrogens is 509 g/mol. The van der Waals surface area contributed by atoms with E-state index in [0.29, 0.717) is 64.8 Å². The molecule has 5 rings (SSSR count). The molecule has 39 heavy (non-hydrogen) atoms. The SMILES string of the molecule is COCC(=O)N1CC[C@@H](NC(=O)c2c(C)[nH]c3c(-c4cc(F)c(OC)cc4OCC4CC4)ncnc23)[C@@H](O)C1. The number of halogens is 1. The predicted molar refractivity (Wildman–Crippen MR) is 139 cm³/mol. The third-order valence-electron chi connectivity index (χ3n) is 7.20. The summed E-state index contributed by atoms with van der Waals surface area (Å²) in [7, 11) is 2.83. The quantitative estimate of drug-likeness (QED) is 0.375. The molecule has 3 aromatic rings. The molecule has 208 valence electrons. The number of aromatic amines is 1. The zero-order valence-electron chi connectivity index (χ0n) is 22.1. The minimum atomic E-state index is -0.937. The maximum absolute atomic E-state index is 14.8. The average Bonchev–Trinajstić information content (AvgIpc) is 3.68. The summed E-state index contributed by atoms with van der Waals surface area (Å²) in [6, 6.07) is 2.27. The second-order valence-corrected chi connectivity index (χ2v) is 10.0. The van der Waals surface area contributed by atoms with Gasteiger partial charge in [-0.05, 0) is 38.2 Å². The lowest BCUT2D eigenvalue weighted by Gasteiger charge is -2.36. The molecule has 1 aliphatic carbocycles. The number of aromatic nitrogens is 3. The fourth-order valence-electron chi connectivity index (χ4n) is 4.87. The Hall–Kier alpha value is -3.77. The van der Waals surface area contributed by atoms with E-state index in [9.17, 15) is 19.1 Å². The Balaban J connectivity index is 1.43. The summed E-state index contributed by atoms with van der Waals surface area (Å²) in [4.78, 5) is 39.0. The van der Waals surface area contributed by atoms with Crippen LogP contribution in [0.2, 0.25) is 0 Å². The zero-order valence-corrected chi connectivity index (χ0v) is 22.1. The summed E-state index contributed by atoms with van der Waals surface area (Å²) in [5.41, 5.74) is 2.47. The molecule has 0 unspecified atom stereocenters. The van der Waals surface area contributed by atoms with Gasteiger partial charge in [0.15, 0.2) is 11.6 Å². The van der Waals surface area contributed by atoms with E-state index < -0.39 is 23.9 Å². The van der Waals surface area contributed by atoms with Crippen LogP contribution in [0.3, 0.4) is 0 Å². The van der Waals surface area contributed by atoms with Crippen molar-refractivity contribution in [1.82, 2.24) is 25.2 Å². The zero-order chi connectivity index (χ0) is 27.7. The largest absolute Gasteiger partial charge is 0.494 e. The number of nitrogens with one attached hydrogen (secondary N) is 2. The molecule has 2 aliphatic rings. The molecule has 0 radical (unpaired) electrons. The summed E-state index contributed by atoms with van der Waals surface area (Å²) in [6.45, 7) is 2.66. The van der Waals surface area contributed by atoms with Gasteiger partial charge in [-0.3, -0.25) is 9.59 Å². The highest BCUT2D eigenvalue weighted by atomic mass is 19.1. The second kappa shape index (κ2) is 11.1.